The first-order valence-electron chi connectivity index (χ1n) is 9.13. The third-order valence-corrected chi connectivity index (χ3v) is 4.60. The second kappa shape index (κ2) is 10.1. The molecule has 0 bridgehead atoms. The van der Waals surface area contributed by atoms with Crippen molar-refractivity contribution in [2.24, 2.45) is 5.92 Å². The highest BCUT2D eigenvalue weighted by Gasteiger charge is 2.24. The Hall–Kier alpha value is -2.04. The lowest BCUT2D eigenvalue weighted by Gasteiger charge is -2.28. The maximum Gasteiger partial charge on any atom is 0.338 e. The number of esters is 2. The molecule has 25 heavy (non-hydrogen) atoms. The van der Waals surface area contributed by atoms with Crippen LogP contribution in [0.4, 0.5) is 0 Å². The van der Waals surface area contributed by atoms with Gasteiger partial charge in [0.25, 0.3) is 0 Å². The Bertz CT molecular complexity index is 544. The highest BCUT2D eigenvalue weighted by atomic mass is 16.5. The molecule has 2 rings (SSSR count). The zero-order valence-corrected chi connectivity index (χ0v) is 15.2. The summed E-state index contributed by atoms with van der Waals surface area (Å²) in [6.45, 7) is 2.52. The van der Waals surface area contributed by atoms with Crippen molar-refractivity contribution < 1.29 is 23.8 Å². The number of unbranched alkanes of at least 4 members (excludes halogenated alkanes) is 1. The second-order valence-corrected chi connectivity index (χ2v) is 6.55. The van der Waals surface area contributed by atoms with E-state index in [0.717, 1.165) is 44.3 Å². The molecule has 0 heterocycles. The zero-order chi connectivity index (χ0) is 18.1. The van der Waals surface area contributed by atoms with Crippen molar-refractivity contribution in [3.8, 4) is 5.75 Å². The van der Waals surface area contributed by atoms with Crippen LogP contribution in [0.5, 0.6) is 5.75 Å². The molecule has 0 aliphatic heterocycles. The van der Waals surface area contributed by atoms with Crippen LogP contribution < -0.4 is 4.74 Å². The first-order valence-corrected chi connectivity index (χ1v) is 9.13. The van der Waals surface area contributed by atoms with Crippen LogP contribution in [0, 0.1) is 5.92 Å². The molecule has 5 nitrogen and oxygen atoms in total. The SMILES string of the molecule is CCCCOC(=O)c1ccc(O[C@H]2CC[C@@H](CC(=O)OC)CC2)cc1. The molecule has 0 aromatic heterocycles. The summed E-state index contributed by atoms with van der Waals surface area (Å²) in [7, 11) is 1.43. The first-order chi connectivity index (χ1) is 12.1. The number of hydrogen-bond acceptors (Lipinski definition) is 5. The molecule has 0 N–H and O–H groups in total. The van der Waals surface area contributed by atoms with Crippen molar-refractivity contribution in [1.82, 2.24) is 0 Å². The van der Waals surface area contributed by atoms with E-state index in [4.69, 9.17) is 14.2 Å². The summed E-state index contributed by atoms with van der Waals surface area (Å²) in [4.78, 5) is 23.2. The monoisotopic (exact) mass is 348 g/mol. The van der Waals surface area contributed by atoms with Gasteiger partial charge in [0.1, 0.15) is 5.75 Å². The molecule has 1 aliphatic rings. The highest BCUT2D eigenvalue weighted by molar-refractivity contribution is 5.89. The lowest BCUT2D eigenvalue weighted by atomic mass is 9.85. The fraction of sp³-hybridized carbons (Fsp3) is 0.600. The Morgan fingerprint density at radius 2 is 1.76 bits per heavy atom. The summed E-state index contributed by atoms with van der Waals surface area (Å²) >= 11 is 0. The number of carbonyl (C=O) groups is 2. The minimum absolute atomic E-state index is 0.134. The molecular formula is C20H28O5. The topological polar surface area (TPSA) is 61.8 Å². The minimum Gasteiger partial charge on any atom is -0.490 e. The molecule has 1 aliphatic carbocycles. The Morgan fingerprint density at radius 1 is 1.08 bits per heavy atom. The van der Waals surface area contributed by atoms with Gasteiger partial charge in [-0.2, -0.15) is 0 Å². The van der Waals surface area contributed by atoms with Gasteiger partial charge in [-0.15, -0.1) is 0 Å². The van der Waals surface area contributed by atoms with E-state index < -0.39 is 0 Å². The maximum atomic E-state index is 11.9. The van der Waals surface area contributed by atoms with Crippen molar-refractivity contribution in [3.05, 3.63) is 29.8 Å². The average molecular weight is 348 g/mol. The average Bonchev–Trinajstić information content (AvgIpc) is 2.64. The molecule has 1 saturated carbocycles. The summed E-state index contributed by atoms with van der Waals surface area (Å²) in [5, 5.41) is 0. The van der Waals surface area contributed by atoms with Gasteiger partial charge in [0.05, 0.1) is 25.4 Å². The summed E-state index contributed by atoms with van der Waals surface area (Å²) in [5.41, 5.74) is 0.547. The van der Waals surface area contributed by atoms with E-state index >= 15 is 0 Å². The standard InChI is InChI=1S/C20H28O5/c1-3-4-13-24-20(22)16-7-11-18(12-8-16)25-17-9-5-15(6-10-17)14-19(21)23-2/h7-8,11-12,15,17H,3-6,9-10,13-14H2,1-2H3/t15-,17+. The molecule has 1 aromatic carbocycles. The van der Waals surface area contributed by atoms with Crippen LogP contribution in [0.2, 0.25) is 0 Å². The normalized spacial score (nSPS) is 19.9. The summed E-state index contributed by atoms with van der Waals surface area (Å²) in [5.74, 6) is 0.739. The number of methoxy groups -OCH3 is 1. The number of rotatable bonds is 8. The van der Waals surface area contributed by atoms with Crippen molar-refractivity contribution >= 4 is 11.9 Å². The minimum atomic E-state index is -0.289. The summed E-state index contributed by atoms with van der Waals surface area (Å²) in [6.07, 6.45) is 6.36. The van der Waals surface area contributed by atoms with Gasteiger partial charge < -0.3 is 14.2 Å². The number of carbonyl (C=O) groups excluding carboxylic acids is 2. The maximum absolute atomic E-state index is 11.9. The molecule has 1 fully saturated rings. The Kier molecular flexibility index (Phi) is 7.76. The van der Waals surface area contributed by atoms with E-state index in [2.05, 4.69) is 6.92 Å². The van der Waals surface area contributed by atoms with E-state index in [1.165, 1.54) is 7.11 Å². The quantitative estimate of drug-likeness (QED) is 0.522. The predicted molar refractivity (Wildman–Crippen MR) is 94.6 cm³/mol. The van der Waals surface area contributed by atoms with Gasteiger partial charge >= 0.3 is 11.9 Å². The molecule has 0 spiro atoms. The molecule has 0 saturated heterocycles. The van der Waals surface area contributed by atoms with Gasteiger partial charge in [-0.25, -0.2) is 4.79 Å². The molecule has 0 amide bonds. The predicted octanol–water partition coefficient (Wildman–Crippen LogP) is 4.14. The molecule has 1 aromatic rings. The van der Waals surface area contributed by atoms with E-state index in [1.54, 1.807) is 12.1 Å². The highest BCUT2D eigenvalue weighted by Crippen LogP contribution is 2.30. The van der Waals surface area contributed by atoms with Crippen LogP contribution in [0.15, 0.2) is 24.3 Å². The van der Waals surface area contributed by atoms with Gasteiger partial charge in [-0.1, -0.05) is 13.3 Å². The molecule has 0 atom stereocenters. The number of hydrogen-bond donors (Lipinski definition) is 0. The van der Waals surface area contributed by atoms with Crippen LogP contribution in [0.1, 0.15) is 62.2 Å². The van der Waals surface area contributed by atoms with Gasteiger partial charge in [0.15, 0.2) is 0 Å². The van der Waals surface area contributed by atoms with Gasteiger partial charge in [0.2, 0.25) is 0 Å². The summed E-state index contributed by atoms with van der Waals surface area (Å²) < 4.78 is 15.9. The Morgan fingerprint density at radius 3 is 2.36 bits per heavy atom. The van der Waals surface area contributed by atoms with Crippen LogP contribution in [-0.2, 0) is 14.3 Å². The van der Waals surface area contributed by atoms with Crippen molar-refractivity contribution in [2.45, 2.75) is 58.0 Å². The fourth-order valence-corrected chi connectivity index (χ4v) is 3.03. The number of ether oxygens (including phenoxy) is 3. The summed E-state index contributed by atoms with van der Waals surface area (Å²) in [6, 6.07) is 7.12. The molecule has 0 radical (unpaired) electrons. The third kappa shape index (κ3) is 6.40. The molecular weight excluding hydrogens is 320 g/mol. The second-order valence-electron chi connectivity index (χ2n) is 6.55. The van der Waals surface area contributed by atoms with E-state index in [0.29, 0.717) is 24.5 Å². The molecule has 138 valence electrons. The smallest absolute Gasteiger partial charge is 0.338 e. The molecule has 0 unspecified atom stereocenters. The van der Waals surface area contributed by atoms with E-state index in [-0.39, 0.29) is 18.0 Å². The Labute approximate surface area is 149 Å². The van der Waals surface area contributed by atoms with Gasteiger partial charge in [-0.3, -0.25) is 4.79 Å². The van der Waals surface area contributed by atoms with Crippen LogP contribution in [0.25, 0.3) is 0 Å². The van der Waals surface area contributed by atoms with Crippen LogP contribution in [-0.4, -0.2) is 31.8 Å². The van der Waals surface area contributed by atoms with E-state index in [9.17, 15) is 9.59 Å². The zero-order valence-electron chi connectivity index (χ0n) is 15.2. The molecule has 5 heteroatoms. The Balaban J connectivity index is 1.76. The van der Waals surface area contributed by atoms with Crippen LogP contribution in [0.3, 0.4) is 0 Å². The van der Waals surface area contributed by atoms with Crippen molar-refractivity contribution in [1.29, 1.82) is 0 Å². The van der Waals surface area contributed by atoms with E-state index in [1.807, 2.05) is 12.1 Å². The third-order valence-electron chi connectivity index (χ3n) is 4.60. The number of benzene rings is 1. The van der Waals surface area contributed by atoms with Crippen LogP contribution >= 0.6 is 0 Å². The first kappa shape index (κ1) is 19.3. The van der Waals surface area contributed by atoms with Crippen molar-refractivity contribution in [3.63, 3.8) is 0 Å². The lowest BCUT2D eigenvalue weighted by Crippen LogP contribution is -2.25. The van der Waals surface area contributed by atoms with Crippen molar-refractivity contribution in [2.75, 3.05) is 13.7 Å². The fourth-order valence-electron chi connectivity index (χ4n) is 3.03. The largest absolute Gasteiger partial charge is 0.490 e. The van der Waals surface area contributed by atoms with Gasteiger partial charge in [-0.05, 0) is 62.3 Å². The van der Waals surface area contributed by atoms with Gasteiger partial charge in [0, 0.05) is 6.42 Å². The lowest BCUT2D eigenvalue weighted by molar-refractivity contribution is -0.142.